The van der Waals surface area contributed by atoms with E-state index in [1.807, 2.05) is 24.3 Å². The van der Waals surface area contributed by atoms with Gasteiger partial charge in [0.1, 0.15) is 5.82 Å². The van der Waals surface area contributed by atoms with Crippen molar-refractivity contribution in [3.8, 4) is 0 Å². The Balaban J connectivity index is 1.42. The highest BCUT2D eigenvalue weighted by Gasteiger charge is 2.08. The van der Waals surface area contributed by atoms with E-state index in [0.29, 0.717) is 24.4 Å². The van der Waals surface area contributed by atoms with E-state index in [2.05, 4.69) is 20.6 Å². The topological polar surface area (TPSA) is 72.2 Å². The van der Waals surface area contributed by atoms with Crippen molar-refractivity contribution in [2.24, 2.45) is 0 Å². The highest BCUT2D eigenvalue weighted by Crippen LogP contribution is 2.17. The van der Waals surface area contributed by atoms with Gasteiger partial charge in [0.15, 0.2) is 11.5 Å². The van der Waals surface area contributed by atoms with Crippen LogP contribution in [-0.4, -0.2) is 32.3 Å². The number of carbonyl (C=O) groups is 1. The summed E-state index contributed by atoms with van der Waals surface area (Å²) in [5, 5.41) is 17.3. The van der Waals surface area contributed by atoms with Crippen molar-refractivity contribution in [1.82, 2.24) is 25.1 Å². The van der Waals surface area contributed by atoms with Crippen molar-refractivity contribution >= 4 is 28.4 Å². The van der Waals surface area contributed by atoms with Crippen LogP contribution in [0.5, 0.6) is 0 Å². The van der Waals surface area contributed by atoms with Gasteiger partial charge in [0.25, 0.3) is 0 Å². The summed E-state index contributed by atoms with van der Waals surface area (Å²) in [6.45, 7) is 0.457. The second kappa shape index (κ2) is 7.33. The molecule has 0 fully saturated rings. The number of carbonyl (C=O) groups excluding carboxylic acids is 1. The molecule has 2 heterocycles. The van der Waals surface area contributed by atoms with Gasteiger partial charge in [0.2, 0.25) is 5.91 Å². The maximum absolute atomic E-state index is 12.9. The second-order valence-corrected chi connectivity index (χ2v) is 6.03. The summed E-state index contributed by atoms with van der Waals surface area (Å²) in [5.74, 6) is -0.0354. The number of hydrogen-bond acceptors (Lipinski definition) is 4. The normalized spacial score (nSPS) is 11.4. The van der Waals surface area contributed by atoms with Crippen molar-refractivity contribution in [3.05, 3.63) is 78.0 Å². The SMILES string of the molecule is O=C(/C=C/c1nnc2c3ccccc3cnn12)NCCc1ccc(F)cc1. The average molecular weight is 361 g/mol. The molecule has 0 unspecified atom stereocenters. The first-order chi connectivity index (χ1) is 13.2. The van der Waals surface area contributed by atoms with Crippen LogP contribution in [0.15, 0.2) is 60.8 Å². The predicted octanol–water partition coefficient (Wildman–Crippen LogP) is 2.79. The molecular weight excluding hydrogens is 345 g/mol. The van der Waals surface area contributed by atoms with Gasteiger partial charge in [-0.25, -0.2) is 4.39 Å². The molecule has 0 spiro atoms. The van der Waals surface area contributed by atoms with Crippen LogP contribution in [0, 0.1) is 5.82 Å². The smallest absolute Gasteiger partial charge is 0.244 e. The summed E-state index contributed by atoms with van der Waals surface area (Å²) < 4.78 is 14.5. The molecule has 1 amide bonds. The van der Waals surface area contributed by atoms with Gasteiger partial charge in [-0.1, -0.05) is 36.4 Å². The second-order valence-electron chi connectivity index (χ2n) is 6.03. The van der Waals surface area contributed by atoms with E-state index in [-0.39, 0.29) is 11.7 Å². The Morgan fingerprint density at radius 3 is 2.78 bits per heavy atom. The van der Waals surface area contributed by atoms with E-state index >= 15 is 0 Å². The summed E-state index contributed by atoms with van der Waals surface area (Å²) in [4.78, 5) is 12.0. The summed E-state index contributed by atoms with van der Waals surface area (Å²) in [5.41, 5.74) is 1.60. The van der Waals surface area contributed by atoms with E-state index < -0.39 is 0 Å². The van der Waals surface area contributed by atoms with Crippen molar-refractivity contribution in [3.63, 3.8) is 0 Å². The maximum Gasteiger partial charge on any atom is 0.244 e. The Hall–Kier alpha value is -3.61. The molecule has 0 bridgehead atoms. The summed E-state index contributed by atoms with van der Waals surface area (Å²) in [6, 6.07) is 14.0. The van der Waals surface area contributed by atoms with Gasteiger partial charge in [-0.15, -0.1) is 10.2 Å². The number of hydrogen-bond donors (Lipinski definition) is 1. The first-order valence-corrected chi connectivity index (χ1v) is 8.50. The molecule has 0 saturated carbocycles. The fourth-order valence-electron chi connectivity index (χ4n) is 2.80. The molecule has 134 valence electrons. The minimum atomic E-state index is -0.271. The summed E-state index contributed by atoms with van der Waals surface area (Å²) in [6.07, 6.45) is 5.35. The molecule has 6 nitrogen and oxygen atoms in total. The third-order valence-electron chi connectivity index (χ3n) is 4.19. The van der Waals surface area contributed by atoms with Gasteiger partial charge in [-0.05, 0) is 30.2 Å². The molecule has 0 radical (unpaired) electrons. The third-order valence-corrected chi connectivity index (χ3v) is 4.19. The zero-order valence-electron chi connectivity index (χ0n) is 14.3. The van der Waals surface area contributed by atoms with E-state index in [1.165, 1.54) is 18.2 Å². The van der Waals surface area contributed by atoms with Gasteiger partial charge in [0.05, 0.1) is 6.20 Å². The Kier molecular flexibility index (Phi) is 4.57. The van der Waals surface area contributed by atoms with Crippen molar-refractivity contribution < 1.29 is 9.18 Å². The first-order valence-electron chi connectivity index (χ1n) is 8.50. The third kappa shape index (κ3) is 3.67. The molecule has 2 aromatic heterocycles. The number of amides is 1. The van der Waals surface area contributed by atoms with Crippen molar-refractivity contribution in [2.45, 2.75) is 6.42 Å². The van der Waals surface area contributed by atoms with Gasteiger partial charge >= 0.3 is 0 Å². The Morgan fingerprint density at radius 2 is 1.93 bits per heavy atom. The zero-order chi connectivity index (χ0) is 18.6. The average Bonchev–Trinajstić information content (AvgIpc) is 3.11. The maximum atomic E-state index is 12.9. The fourth-order valence-corrected chi connectivity index (χ4v) is 2.80. The lowest BCUT2D eigenvalue weighted by atomic mass is 10.1. The van der Waals surface area contributed by atoms with Crippen LogP contribution in [0.1, 0.15) is 11.4 Å². The number of nitrogens with one attached hydrogen (secondary N) is 1. The Labute approximate surface area is 154 Å². The van der Waals surface area contributed by atoms with Crippen LogP contribution >= 0.6 is 0 Å². The van der Waals surface area contributed by atoms with Crippen LogP contribution < -0.4 is 5.32 Å². The summed E-state index contributed by atoms with van der Waals surface area (Å²) >= 11 is 0. The van der Waals surface area contributed by atoms with Crippen LogP contribution in [0.3, 0.4) is 0 Å². The van der Waals surface area contributed by atoms with Crippen LogP contribution in [-0.2, 0) is 11.2 Å². The quantitative estimate of drug-likeness (QED) is 0.555. The van der Waals surface area contributed by atoms with E-state index in [1.54, 1.807) is 28.9 Å². The minimum absolute atomic E-state index is 0.241. The molecule has 0 atom stereocenters. The van der Waals surface area contributed by atoms with Crippen LogP contribution in [0.2, 0.25) is 0 Å². The lowest BCUT2D eigenvalue weighted by Crippen LogP contribution is -2.23. The number of halogens is 1. The molecule has 27 heavy (non-hydrogen) atoms. The van der Waals surface area contributed by atoms with E-state index in [4.69, 9.17) is 0 Å². The molecule has 4 rings (SSSR count). The fraction of sp³-hybridized carbons (Fsp3) is 0.100. The molecule has 2 aromatic carbocycles. The molecule has 0 aliphatic heterocycles. The highest BCUT2D eigenvalue weighted by molar-refractivity contribution is 5.94. The lowest BCUT2D eigenvalue weighted by molar-refractivity contribution is -0.116. The van der Waals surface area contributed by atoms with Crippen LogP contribution in [0.4, 0.5) is 4.39 Å². The minimum Gasteiger partial charge on any atom is -0.352 e. The number of nitrogens with zero attached hydrogens (tertiary/aromatic N) is 4. The predicted molar refractivity (Wildman–Crippen MR) is 100 cm³/mol. The number of rotatable bonds is 5. The molecule has 4 aromatic rings. The van der Waals surface area contributed by atoms with Crippen LogP contribution in [0.25, 0.3) is 22.5 Å². The van der Waals surface area contributed by atoms with E-state index in [9.17, 15) is 9.18 Å². The Morgan fingerprint density at radius 1 is 1.11 bits per heavy atom. The van der Waals surface area contributed by atoms with Gasteiger partial charge in [0, 0.05) is 23.4 Å². The lowest BCUT2D eigenvalue weighted by Gasteiger charge is -2.02. The Bertz CT molecular complexity index is 1130. The molecular formula is C20H16FN5O. The van der Waals surface area contributed by atoms with Gasteiger partial charge < -0.3 is 5.32 Å². The molecule has 1 N–H and O–H groups in total. The molecule has 0 saturated heterocycles. The van der Waals surface area contributed by atoms with Crippen molar-refractivity contribution in [1.29, 1.82) is 0 Å². The molecule has 0 aliphatic rings. The zero-order valence-corrected chi connectivity index (χ0v) is 14.3. The number of fused-ring (bicyclic) bond motifs is 3. The largest absolute Gasteiger partial charge is 0.352 e. The summed E-state index contributed by atoms with van der Waals surface area (Å²) in [7, 11) is 0. The standard InChI is InChI=1S/C20H16FN5O/c21-16-7-5-14(6-8-16)11-12-22-19(27)10-9-18-24-25-20-17-4-2-1-3-15(17)13-23-26(18)20/h1-10,13H,11-12H2,(H,22,27)/b10-9+. The monoisotopic (exact) mass is 361 g/mol. The van der Waals surface area contributed by atoms with Gasteiger partial charge in [-0.2, -0.15) is 9.61 Å². The van der Waals surface area contributed by atoms with E-state index in [0.717, 1.165) is 16.3 Å². The molecule has 7 heteroatoms. The number of aromatic nitrogens is 4. The number of benzene rings is 2. The van der Waals surface area contributed by atoms with Gasteiger partial charge in [-0.3, -0.25) is 4.79 Å². The highest BCUT2D eigenvalue weighted by atomic mass is 19.1. The van der Waals surface area contributed by atoms with Crippen molar-refractivity contribution in [2.75, 3.05) is 6.54 Å². The first kappa shape index (κ1) is 16.8. The molecule has 0 aliphatic carbocycles.